The second-order valence-electron chi connectivity index (χ2n) is 4.58. The molecule has 2 rings (SSSR count). The summed E-state index contributed by atoms with van der Waals surface area (Å²) in [6, 6.07) is 1.42. The number of nitrogens with zero attached hydrogens (tertiary/aromatic N) is 5. The molecule has 8 nitrogen and oxygen atoms in total. The van der Waals surface area contributed by atoms with Crippen molar-refractivity contribution in [2.75, 3.05) is 13.2 Å². The van der Waals surface area contributed by atoms with Gasteiger partial charge in [-0.3, -0.25) is 4.79 Å². The minimum Gasteiger partial charge on any atom is -0.492 e. The van der Waals surface area contributed by atoms with Crippen LogP contribution in [0.1, 0.15) is 25.6 Å². The summed E-state index contributed by atoms with van der Waals surface area (Å²) in [5, 5.41) is 8.22. The summed E-state index contributed by atoms with van der Waals surface area (Å²) in [7, 11) is 0. The minimum absolute atomic E-state index is 0.230. The Hall–Kier alpha value is -2.22. The van der Waals surface area contributed by atoms with Crippen LogP contribution in [-0.2, 0) is 13.1 Å². The molecule has 114 valence electrons. The molecule has 21 heavy (non-hydrogen) atoms. The van der Waals surface area contributed by atoms with Crippen LogP contribution in [-0.4, -0.2) is 37.7 Å². The fraction of sp³-hybridized carbons (Fsp3) is 0.538. The zero-order chi connectivity index (χ0) is 15.1. The summed E-state index contributed by atoms with van der Waals surface area (Å²) in [6.07, 6.45) is 4.70. The monoisotopic (exact) mass is 292 g/mol. The Kier molecular flexibility index (Phi) is 5.44. The molecule has 0 spiro atoms. The van der Waals surface area contributed by atoms with E-state index >= 15 is 0 Å². The van der Waals surface area contributed by atoms with Crippen molar-refractivity contribution >= 4 is 0 Å². The molecule has 2 aromatic heterocycles. The van der Waals surface area contributed by atoms with Crippen molar-refractivity contribution in [2.45, 2.75) is 32.9 Å². The van der Waals surface area contributed by atoms with Crippen LogP contribution in [0.5, 0.6) is 5.75 Å². The maximum Gasteiger partial charge on any atom is 0.270 e. The van der Waals surface area contributed by atoms with E-state index in [9.17, 15) is 4.79 Å². The van der Waals surface area contributed by atoms with E-state index < -0.39 is 0 Å². The molecule has 0 saturated heterocycles. The van der Waals surface area contributed by atoms with Gasteiger partial charge in [0.15, 0.2) is 0 Å². The fourth-order valence-corrected chi connectivity index (χ4v) is 1.83. The second kappa shape index (κ2) is 7.53. The van der Waals surface area contributed by atoms with Gasteiger partial charge < -0.3 is 10.5 Å². The van der Waals surface area contributed by atoms with E-state index in [1.807, 2.05) is 0 Å². The van der Waals surface area contributed by atoms with E-state index in [4.69, 9.17) is 10.5 Å². The zero-order valence-corrected chi connectivity index (χ0v) is 12.1. The number of hydrogen-bond acceptors (Lipinski definition) is 6. The highest BCUT2D eigenvalue weighted by Crippen LogP contribution is 2.04. The van der Waals surface area contributed by atoms with Crippen LogP contribution in [0.15, 0.2) is 23.4 Å². The lowest BCUT2D eigenvalue weighted by molar-refractivity contribution is 0.309. The van der Waals surface area contributed by atoms with Gasteiger partial charge >= 0.3 is 0 Å². The number of aryl methyl sites for hydroxylation is 1. The molecule has 0 saturated carbocycles. The Morgan fingerprint density at radius 2 is 2.19 bits per heavy atom. The van der Waals surface area contributed by atoms with Crippen LogP contribution < -0.4 is 16.0 Å². The highest BCUT2D eigenvalue weighted by molar-refractivity contribution is 5.13. The standard InChI is InChI=1S/C13H20N6O2/c1-2-5-18-12(15-10-17-18)9-19-13(20)7-11(8-16-19)21-6-3-4-14/h7-8,10H,2-6,9,14H2,1H3. The fourth-order valence-electron chi connectivity index (χ4n) is 1.83. The number of ether oxygens (including phenoxy) is 1. The Morgan fingerprint density at radius 1 is 1.33 bits per heavy atom. The largest absolute Gasteiger partial charge is 0.492 e. The lowest BCUT2D eigenvalue weighted by Crippen LogP contribution is -2.24. The summed E-state index contributed by atoms with van der Waals surface area (Å²) in [6.45, 7) is 4.15. The third-order valence-corrected chi connectivity index (χ3v) is 2.88. The summed E-state index contributed by atoms with van der Waals surface area (Å²) in [4.78, 5) is 16.2. The Labute approximate surface area is 122 Å². The van der Waals surface area contributed by atoms with E-state index in [0.717, 1.165) is 19.4 Å². The third-order valence-electron chi connectivity index (χ3n) is 2.88. The molecule has 0 unspecified atom stereocenters. The number of rotatable bonds is 8. The molecule has 0 aliphatic carbocycles. The van der Waals surface area contributed by atoms with Crippen LogP contribution in [0.4, 0.5) is 0 Å². The quantitative estimate of drug-likeness (QED) is 0.688. The van der Waals surface area contributed by atoms with Gasteiger partial charge in [0, 0.05) is 12.6 Å². The summed E-state index contributed by atoms with van der Waals surface area (Å²) in [5.74, 6) is 1.17. The Morgan fingerprint density at radius 3 is 2.90 bits per heavy atom. The average molecular weight is 292 g/mol. The molecule has 0 aromatic carbocycles. The Balaban J connectivity index is 2.07. The van der Waals surface area contributed by atoms with Gasteiger partial charge in [-0.25, -0.2) is 14.3 Å². The van der Waals surface area contributed by atoms with Crippen LogP contribution in [0.3, 0.4) is 0 Å². The van der Waals surface area contributed by atoms with Gasteiger partial charge in [-0.1, -0.05) is 6.92 Å². The van der Waals surface area contributed by atoms with Gasteiger partial charge in [0.2, 0.25) is 0 Å². The average Bonchev–Trinajstić information content (AvgIpc) is 2.90. The van der Waals surface area contributed by atoms with E-state index in [-0.39, 0.29) is 5.56 Å². The van der Waals surface area contributed by atoms with Crippen molar-refractivity contribution in [3.8, 4) is 5.75 Å². The predicted molar refractivity (Wildman–Crippen MR) is 77.1 cm³/mol. The molecular formula is C13H20N6O2. The van der Waals surface area contributed by atoms with Gasteiger partial charge in [-0.05, 0) is 19.4 Å². The number of hydrogen-bond donors (Lipinski definition) is 1. The predicted octanol–water partition coefficient (Wildman–Crippen LogP) is 0.0207. The topological polar surface area (TPSA) is 101 Å². The Bertz CT molecular complexity index is 621. The van der Waals surface area contributed by atoms with E-state index in [0.29, 0.717) is 31.3 Å². The highest BCUT2D eigenvalue weighted by Gasteiger charge is 2.07. The SMILES string of the molecule is CCCn1ncnc1Cn1ncc(OCCCN)cc1=O. The first-order valence-electron chi connectivity index (χ1n) is 7.01. The smallest absolute Gasteiger partial charge is 0.270 e. The first kappa shape index (κ1) is 15.2. The maximum atomic E-state index is 12.0. The lowest BCUT2D eigenvalue weighted by Gasteiger charge is -2.08. The first-order valence-corrected chi connectivity index (χ1v) is 7.01. The molecule has 2 heterocycles. The summed E-state index contributed by atoms with van der Waals surface area (Å²) in [5.41, 5.74) is 5.15. The van der Waals surface area contributed by atoms with Gasteiger partial charge in [-0.15, -0.1) is 0 Å². The third kappa shape index (κ3) is 4.12. The van der Waals surface area contributed by atoms with E-state index in [1.165, 1.54) is 23.3 Å². The molecule has 0 radical (unpaired) electrons. The maximum absolute atomic E-state index is 12.0. The molecule has 8 heteroatoms. The van der Waals surface area contributed by atoms with Crippen LogP contribution in [0.25, 0.3) is 0 Å². The van der Waals surface area contributed by atoms with Crippen molar-refractivity contribution in [2.24, 2.45) is 5.73 Å². The minimum atomic E-state index is -0.230. The highest BCUT2D eigenvalue weighted by atomic mass is 16.5. The van der Waals surface area contributed by atoms with E-state index in [2.05, 4.69) is 22.1 Å². The molecular weight excluding hydrogens is 272 g/mol. The van der Waals surface area contributed by atoms with Crippen molar-refractivity contribution in [3.63, 3.8) is 0 Å². The van der Waals surface area contributed by atoms with Gasteiger partial charge in [0.05, 0.1) is 12.8 Å². The van der Waals surface area contributed by atoms with Crippen molar-refractivity contribution in [1.82, 2.24) is 24.5 Å². The molecule has 2 N–H and O–H groups in total. The van der Waals surface area contributed by atoms with Gasteiger partial charge in [0.25, 0.3) is 5.56 Å². The first-order chi connectivity index (χ1) is 10.2. The normalized spacial score (nSPS) is 10.8. The molecule has 2 aromatic rings. The van der Waals surface area contributed by atoms with E-state index in [1.54, 1.807) is 4.68 Å². The lowest BCUT2D eigenvalue weighted by atomic mass is 10.4. The number of aromatic nitrogens is 5. The second-order valence-corrected chi connectivity index (χ2v) is 4.58. The molecule has 0 aliphatic heterocycles. The van der Waals surface area contributed by atoms with Crippen molar-refractivity contribution in [1.29, 1.82) is 0 Å². The van der Waals surface area contributed by atoms with Gasteiger partial charge in [-0.2, -0.15) is 10.2 Å². The molecule has 0 bridgehead atoms. The van der Waals surface area contributed by atoms with Crippen molar-refractivity contribution < 1.29 is 4.74 Å². The van der Waals surface area contributed by atoms with Crippen LogP contribution in [0, 0.1) is 0 Å². The van der Waals surface area contributed by atoms with Gasteiger partial charge in [0.1, 0.15) is 24.4 Å². The van der Waals surface area contributed by atoms with Crippen LogP contribution in [0.2, 0.25) is 0 Å². The van der Waals surface area contributed by atoms with Crippen LogP contribution >= 0.6 is 0 Å². The molecule has 0 fully saturated rings. The molecule has 0 aliphatic rings. The zero-order valence-electron chi connectivity index (χ0n) is 12.1. The molecule has 0 amide bonds. The summed E-state index contributed by atoms with van der Waals surface area (Å²) >= 11 is 0. The molecule has 0 atom stereocenters. The number of nitrogens with two attached hydrogens (primary N) is 1. The summed E-state index contributed by atoms with van der Waals surface area (Å²) < 4.78 is 8.51. The van der Waals surface area contributed by atoms with Crippen molar-refractivity contribution in [3.05, 3.63) is 34.8 Å².